The van der Waals surface area contributed by atoms with Gasteiger partial charge in [0, 0.05) is 16.5 Å². The third kappa shape index (κ3) is 3.93. The summed E-state index contributed by atoms with van der Waals surface area (Å²) >= 11 is 0. The van der Waals surface area contributed by atoms with Crippen molar-refractivity contribution in [1.82, 2.24) is 0 Å². The molecule has 1 radical (unpaired) electrons. The number of rotatable bonds is 6. The van der Waals surface area contributed by atoms with Gasteiger partial charge in [0.1, 0.15) is 11.5 Å². The van der Waals surface area contributed by atoms with Gasteiger partial charge in [0.05, 0.1) is 14.2 Å². The van der Waals surface area contributed by atoms with Crippen molar-refractivity contribution >= 4 is 27.8 Å². The summed E-state index contributed by atoms with van der Waals surface area (Å²) in [6.07, 6.45) is 0. The Morgan fingerprint density at radius 1 is 0.737 bits per heavy atom. The Labute approximate surface area is 118 Å². The zero-order valence-corrected chi connectivity index (χ0v) is 13.0. The second-order valence-electron chi connectivity index (χ2n) is 3.83. The van der Waals surface area contributed by atoms with Gasteiger partial charge < -0.3 is 9.47 Å². The molecule has 2 rings (SSSR count). The van der Waals surface area contributed by atoms with Gasteiger partial charge in [-0.05, 0) is 12.1 Å². The summed E-state index contributed by atoms with van der Waals surface area (Å²) in [5, 5.41) is 2.49. The Bertz CT molecular complexity index is 482. The van der Waals surface area contributed by atoms with Crippen LogP contribution in [0.15, 0.2) is 48.5 Å². The van der Waals surface area contributed by atoms with E-state index in [0.717, 1.165) is 11.5 Å². The maximum absolute atomic E-state index is 5.36. The molecule has 2 nitrogen and oxygen atoms in total. The molecule has 0 bridgehead atoms. The van der Waals surface area contributed by atoms with E-state index in [9.17, 15) is 0 Å². The highest BCUT2D eigenvalue weighted by atomic mass is 31.1. The fraction of sp³-hybridized carbons (Fsp3) is 0.133. The lowest BCUT2D eigenvalue weighted by Crippen LogP contribution is -2.01. The van der Waals surface area contributed by atoms with Crippen LogP contribution in [0.4, 0.5) is 0 Å². The van der Waals surface area contributed by atoms with Gasteiger partial charge in [-0.1, -0.05) is 53.6 Å². The molecule has 0 aliphatic heterocycles. The lowest BCUT2D eigenvalue weighted by Gasteiger charge is -2.10. The van der Waals surface area contributed by atoms with Crippen LogP contribution < -0.4 is 20.1 Å². The number of methoxy groups -OCH3 is 2. The van der Waals surface area contributed by atoms with Crippen LogP contribution in [-0.4, -0.2) is 14.2 Å². The Morgan fingerprint density at radius 3 is 1.58 bits per heavy atom. The van der Waals surface area contributed by atoms with Gasteiger partial charge in [0.2, 0.25) is 0 Å². The van der Waals surface area contributed by atoms with Gasteiger partial charge in [-0.15, -0.1) is 0 Å². The lowest BCUT2D eigenvalue weighted by atomic mass is 10.3. The topological polar surface area (TPSA) is 18.5 Å². The van der Waals surface area contributed by atoms with E-state index in [4.69, 9.17) is 9.47 Å². The van der Waals surface area contributed by atoms with Gasteiger partial charge in [-0.3, -0.25) is 0 Å². The number of para-hydroxylation sites is 2. The second-order valence-corrected chi connectivity index (χ2v) is 6.64. The first-order chi connectivity index (χ1) is 9.35. The van der Waals surface area contributed by atoms with Gasteiger partial charge in [-0.25, -0.2) is 0 Å². The van der Waals surface area contributed by atoms with E-state index < -0.39 is 0 Å². The monoisotopic (exact) mass is 291 g/mol. The molecule has 19 heavy (non-hydrogen) atoms. The number of ether oxygens (including phenoxy) is 2. The fourth-order valence-corrected chi connectivity index (χ4v) is 4.29. The van der Waals surface area contributed by atoms with Crippen LogP contribution in [0.5, 0.6) is 11.5 Å². The summed E-state index contributed by atoms with van der Waals surface area (Å²) in [5.41, 5.74) is 0. The first-order valence-electron chi connectivity index (χ1n) is 5.96. The third-order valence-corrected chi connectivity index (χ3v) is 5.27. The predicted octanol–water partition coefficient (Wildman–Crippen LogP) is 3.13. The standard InChI is InChI=1S/C15H17O2P2/c1-16-12-7-3-5-9-14(12)18-11-19-15-10-6-4-8-13(15)17-2/h3-11,18-19H,1-2H3. The average molecular weight is 291 g/mol. The van der Waals surface area contributed by atoms with E-state index >= 15 is 0 Å². The van der Waals surface area contributed by atoms with Crippen LogP contribution >= 0.6 is 17.2 Å². The summed E-state index contributed by atoms with van der Waals surface area (Å²) in [6.45, 7) is 0. The van der Waals surface area contributed by atoms with Crippen LogP contribution in [-0.2, 0) is 0 Å². The minimum Gasteiger partial charge on any atom is -0.496 e. The van der Waals surface area contributed by atoms with E-state index in [-0.39, 0.29) is 0 Å². The van der Waals surface area contributed by atoms with Gasteiger partial charge in [-0.2, -0.15) is 0 Å². The zero-order valence-electron chi connectivity index (χ0n) is 11.0. The summed E-state index contributed by atoms with van der Waals surface area (Å²) in [6, 6.07) is 16.3. The molecule has 0 amide bonds. The fourth-order valence-electron chi connectivity index (χ4n) is 1.72. The molecule has 0 aromatic heterocycles. The van der Waals surface area contributed by atoms with Crippen molar-refractivity contribution in [2.75, 3.05) is 14.2 Å². The van der Waals surface area contributed by atoms with Crippen LogP contribution in [0.25, 0.3) is 0 Å². The SMILES string of the molecule is COc1ccccc1P[CH]Pc1ccccc1OC. The Balaban J connectivity index is 1.96. The number of benzene rings is 2. The molecule has 2 atom stereocenters. The molecule has 2 aromatic rings. The molecule has 4 heteroatoms. The molecule has 0 fully saturated rings. The van der Waals surface area contributed by atoms with Crippen LogP contribution in [0.3, 0.4) is 0 Å². The maximum atomic E-state index is 5.36. The smallest absolute Gasteiger partial charge is 0.126 e. The average Bonchev–Trinajstić information content (AvgIpc) is 2.48. The molecule has 2 unspecified atom stereocenters. The zero-order chi connectivity index (χ0) is 13.5. The molecule has 0 aliphatic carbocycles. The highest BCUT2D eigenvalue weighted by Crippen LogP contribution is 2.33. The Hall–Kier alpha value is -1.10. The largest absolute Gasteiger partial charge is 0.496 e. The molecule has 0 saturated heterocycles. The Kier molecular flexibility index (Phi) is 5.63. The highest BCUT2D eigenvalue weighted by Gasteiger charge is 2.04. The van der Waals surface area contributed by atoms with E-state index in [1.54, 1.807) is 14.2 Å². The molecule has 2 aromatic carbocycles. The van der Waals surface area contributed by atoms with E-state index in [1.165, 1.54) is 10.6 Å². The first-order valence-corrected chi connectivity index (χ1v) is 8.11. The maximum Gasteiger partial charge on any atom is 0.126 e. The van der Waals surface area contributed by atoms with Gasteiger partial charge in [0.25, 0.3) is 0 Å². The third-order valence-electron chi connectivity index (χ3n) is 2.67. The van der Waals surface area contributed by atoms with Crippen molar-refractivity contribution in [3.8, 4) is 11.5 Å². The van der Waals surface area contributed by atoms with Crippen molar-refractivity contribution in [2.24, 2.45) is 0 Å². The van der Waals surface area contributed by atoms with Gasteiger partial charge >= 0.3 is 0 Å². The van der Waals surface area contributed by atoms with Crippen LogP contribution in [0, 0.1) is 5.90 Å². The van der Waals surface area contributed by atoms with Crippen LogP contribution in [0.1, 0.15) is 0 Å². The van der Waals surface area contributed by atoms with Crippen molar-refractivity contribution in [3.05, 3.63) is 54.4 Å². The van der Waals surface area contributed by atoms with Crippen molar-refractivity contribution in [3.63, 3.8) is 0 Å². The molecule has 0 N–H and O–H groups in total. The van der Waals surface area contributed by atoms with Crippen molar-refractivity contribution < 1.29 is 9.47 Å². The minimum atomic E-state index is 0.640. The molecular formula is C15H17O2P2. The lowest BCUT2D eigenvalue weighted by molar-refractivity contribution is 0.418. The summed E-state index contributed by atoms with van der Waals surface area (Å²) in [4.78, 5) is 0. The molecule has 0 saturated carbocycles. The van der Waals surface area contributed by atoms with Crippen molar-refractivity contribution in [2.45, 2.75) is 0 Å². The highest BCUT2D eigenvalue weighted by molar-refractivity contribution is 7.68. The number of hydrogen-bond donors (Lipinski definition) is 0. The predicted molar refractivity (Wildman–Crippen MR) is 86.2 cm³/mol. The molecular weight excluding hydrogens is 274 g/mol. The molecule has 99 valence electrons. The molecule has 0 aliphatic rings. The summed E-state index contributed by atoms with van der Waals surface area (Å²) in [5.74, 6) is 4.22. The minimum absolute atomic E-state index is 0.640. The molecule has 0 heterocycles. The van der Waals surface area contributed by atoms with Crippen molar-refractivity contribution in [1.29, 1.82) is 0 Å². The second kappa shape index (κ2) is 7.48. The van der Waals surface area contributed by atoms with E-state index in [0.29, 0.717) is 17.2 Å². The summed E-state index contributed by atoms with van der Waals surface area (Å²) in [7, 11) is 4.71. The quantitative estimate of drug-likeness (QED) is 0.761. The number of hydrogen-bond acceptors (Lipinski definition) is 2. The first kappa shape index (κ1) is 14.3. The van der Waals surface area contributed by atoms with E-state index in [1.807, 2.05) is 36.4 Å². The van der Waals surface area contributed by atoms with E-state index in [2.05, 4.69) is 18.0 Å². The normalized spacial score (nSPS) is 11.5. The molecule has 0 spiro atoms. The van der Waals surface area contributed by atoms with Gasteiger partial charge in [0.15, 0.2) is 0 Å². The summed E-state index contributed by atoms with van der Waals surface area (Å²) < 4.78 is 10.7. The van der Waals surface area contributed by atoms with Crippen LogP contribution in [0.2, 0.25) is 0 Å². The Morgan fingerprint density at radius 2 is 1.16 bits per heavy atom.